The molecule has 0 aliphatic carbocycles. The van der Waals surface area contributed by atoms with Crippen LogP contribution in [0.4, 0.5) is 45.5 Å². The molecule has 1 aliphatic rings. The summed E-state index contributed by atoms with van der Waals surface area (Å²) in [7, 11) is 19.0. The molecule has 8 aromatic carbocycles. The van der Waals surface area contributed by atoms with E-state index < -0.39 is 0 Å². The zero-order valence-electron chi connectivity index (χ0n) is 76.9. The van der Waals surface area contributed by atoms with E-state index in [2.05, 4.69) is 101 Å². The van der Waals surface area contributed by atoms with Gasteiger partial charge in [-0.15, -0.1) is 11.3 Å². The molecule has 686 valence electrons. The monoisotopic (exact) mass is 1830 g/mol. The molecule has 0 saturated carbocycles. The largest absolute Gasteiger partial charge is 0.497 e. The molecule has 33 nitrogen and oxygen atoms in total. The van der Waals surface area contributed by atoms with Gasteiger partial charge >= 0.3 is 0 Å². The minimum Gasteiger partial charge on any atom is -0.497 e. The van der Waals surface area contributed by atoms with Crippen LogP contribution in [0.1, 0.15) is 34.8 Å². The summed E-state index contributed by atoms with van der Waals surface area (Å²) in [5.74, 6) is 12.4. The van der Waals surface area contributed by atoms with Gasteiger partial charge < -0.3 is 72.4 Å². The maximum Gasteiger partial charge on any atom is 0.231 e. The van der Waals surface area contributed by atoms with Crippen molar-refractivity contribution in [2.45, 2.75) is 33.1 Å². The second-order valence-corrected chi connectivity index (χ2v) is 32.0. The first kappa shape index (κ1) is 91.9. The number of pyridine rings is 1. The van der Waals surface area contributed by atoms with Crippen LogP contribution >= 0.6 is 11.3 Å². The zero-order valence-corrected chi connectivity index (χ0v) is 77.7. The Morgan fingerprint density at radius 1 is 0.407 bits per heavy atom. The third-order valence-corrected chi connectivity index (χ3v) is 23.0. The third kappa shape index (κ3) is 21.8. The number of anilines is 8. The maximum atomic E-state index is 9.72. The highest BCUT2D eigenvalue weighted by Gasteiger charge is 2.26. The topological polar surface area (TPSA) is 337 Å². The molecule has 0 atom stereocenters. The lowest BCUT2D eigenvalue weighted by atomic mass is 10.1. The van der Waals surface area contributed by atoms with E-state index in [-0.39, 0.29) is 20.0 Å². The van der Waals surface area contributed by atoms with Gasteiger partial charge in [0.05, 0.1) is 179 Å². The molecule has 135 heavy (non-hydrogen) atoms. The van der Waals surface area contributed by atoms with Crippen LogP contribution in [0.2, 0.25) is 0 Å². The van der Waals surface area contributed by atoms with Gasteiger partial charge in [0.15, 0.2) is 16.5 Å². The van der Waals surface area contributed by atoms with E-state index in [4.69, 9.17) is 62.6 Å². The van der Waals surface area contributed by atoms with Crippen molar-refractivity contribution < 1.29 is 52.8 Å². The summed E-state index contributed by atoms with van der Waals surface area (Å²) in [4.78, 5) is 54.7. The number of methoxy groups -OCH3 is 7. The van der Waals surface area contributed by atoms with Gasteiger partial charge in [0.1, 0.15) is 34.5 Å². The van der Waals surface area contributed by atoms with Crippen molar-refractivity contribution in [3.8, 4) is 109 Å². The first-order valence-electron chi connectivity index (χ1n) is 43.2. The minimum absolute atomic E-state index is 0.0316. The molecule has 0 bridgehead atoms. The van der Waals surface area contributed by atoms with Gasteiger partial charge in [0.25, 0.3) is 0 Å². The van der Waals surface area contributed by atoms with Crippen LogP contribution in [0.15, 0.2) is 238 Å². The van der Waals surface area contributed by atoms with Crippen molar-refractivity contribution in [1.82, 2.24) is 89.0 Å². The highest BCUT2D eigenvalue weighted by Crippen LogP contribution is 2.47. The van der Waals surface area contributed by atoms with Gasteiger partial charge in [-0.2, -0.15) is 20.4 Å². The number of hydrogen-bond acceptors (Lipinski definition) is 30. The fourth-order valence-corrected chi connectivity index (χ4v) is 16.0. The van der Waals surface area contributed by atoms with Gasteiger partial charge in [-0.05, 0) is 130 Å². The van der Waals surface area contributed by atoms with Gasteiger partial charge in [0.2, 0.25) is 12.5 Å². The third-order valence-electron chi connectivity index (χ3n) is 22.3. The Labute approximate surface area is 783 Å². The molecule has 34 heteroatoms. The number of hydrogen-bond donors (Lipinski definition) is 2. The predicted molar refractivity (Wildman–Crippen MR) is 523 cm³/mol. The van der Waals surface area contributed by atoms with Crippen molar-refractivity contribution in [2.24, 2.45) is 28.2 Å². The van der Waals surface area contributed by atoms with Crippen LogP contribution in [-0.4, -0.2) is 195 Å². The molecule has 0 spiro atoms. The van der Waals surface area contributed by atoms with Crippen LogP contribution in [0.5, 0.6) is 51.7 Å². The number of ether oxygens (including phenoxy) is 9. The fraction of sp³-hybridized carbons (Fsp3) is 0.228. The molecular weight excluding hydrogens is 1730 g/mol. The van der Waals surface area contributed by atoms with E-state index in [0.29, 0.717) is 66.3 Å². The molecule has 2 N–H and O–H groups in total. The van der Waals surface area contributed by atoms with Gasteiger partial charge in [-0.1, -0.05) is 5.92 Å². The lowest BCUT2D eigenvalue weighted by molar-refractivity contribution is 0.171. The Morgan fingerprint density at radius 3 is 1.21 bits per heavy atom. The molecule has 10 aromatic heterocycles. The lowest BCUT2D eigenvalue weighted by Crippen LogP contribution is -2.21. The van der Waals surface area contributed by atoms with Crippen molar-refractivity contribution >= 4 is 101 Å². The molecule has 11 heterocycles. The molecule has 1 aliphatic heterocycles. The fourth-order valence-electron chi connectivity index (χ4n) is 15.5. The number of fused-ring (bicyclic) bond motifs is 5. The highest BCUT2D eigenvalue weighted by atomic mass is 32.1. The number of aliphatic hydroxyl groups excluding tert-OH is 2. The van der Waals surface area contributed by atoms with Crippen LogP contribution in [0.3, 0.4) is 0 Å². The van der Waals surface area contributed by atoms with Crippen LogP contribution in [-0.2, 0) is 34.6 Å². The number of thiazole rings is 1. The van der Waals surface area contributed by atoms with Crippen molar-refractivity contribution in [1.29, 1.82) is 0 Å². The van der Waals surface area contributed by atoms with E-state index in [0.717, 1.165) is 182 Å². The molecule has 0 amide bonds. The van der Waals surface area contributed by atoms with E-state index in [1.807, 2.05) is 215 Å². The SMILES string of the molecule is COc1cc(N(CCO)c2ccc3ncc(-c4cnn(C)c4)nc3c2)cc2c1OCO2.COc1cc(OC)cc(N(CC#Cc2nccs2)c2ccc3ncc(-c4cnn(C)c4)nc3c2)c1.COc1cc(OC)cc(N(CCCO)c2ccc3ncc(-c4c(C)nn(C)c4C)nc3c2)c1.COc1cc(OC)cc(N(CCCc2ccncc2)c2ccc3ncc(-c4cnn(C)c4)nc3c2)c1. The van der Waals surface area contributed by atoms with Crippen LogP contribution in [0, 0.1) is 25.7 Å². The van der Waals surface area contributed by atoms with Crippen molar-refractivity contribution in [3.63, 3.8) is 0 Å². The average molecular weight is 1830 g/mol. The average Bonchev–Trinajstić information content (AvgIpc) is 1.74. The highest BCUT2D eigenvalue weighted by molar-refractivity contribution is 7.10. The van der Waals surface area contributed by atoms with Gasteiger partial charge in [-0.25, -0.2) is 24.9 Å². The van der Waals surface area contributed by atoms with Crippen molar-refractivity contribution in [2.75, 3.05) is 116 Å². The molecule has 0 fully saturated rings. The second kappa shape index (κ2) is 42.7. The normalized spacial score (nSPS) is 11.2. The Morgan fingerprint density at radius 2 is 0.822 bits per heavy atom. The Kier molecular flexibility index (Phi) is 29.1. The molecule has 18 aromatic rings. The van der Waals surface area contributed by atoms with Gasteiger partial charge in [0, 0.05) is 237 Å². The molecule has 0 radical (unpaired) electrons. The summed E-state index contributed by atoms with van der Waals surface area (Å²) in [6, 6.07) is 49.3. The molecule has 19 rings (SSSR count). The van der Waals surface area contributed by atoms with Crippen molar-refractivity contribution in [3.05, 3.63) is 260 Å². The van der Waals surface area contributed by atoms with Crippen LogP contribution in [0.25, 0.3) is 89.2 Å². The summed E-state index contributed by atoms with van der Waals surface area (Å²) in [5.41, 5.74) is 23.8. The summed E-state index contributed by atoms with van der Waals surface area (Å²) < 4.78 is 56.7. The maximum absolute atomic E-state index is 9.72. The quantitative estimate of drug-likeness (QED) is 0.0411. The van der Waals surface area contributed by atoms with Gasteiger partial charge in [-0.3, -0.25) is 43.6 Å². The minimum atomic E-state index is -0.0316. The number of rotatable bonds is 29. The Balaban J connectivity index is 0.000000131. The number of benzene rings is 8. The van der Waals surface area contributed by atoms with E-state index >= 15 is 0 Å². The van der Waals surface area contributed by atoms with E-state index in [1.165, 1.54) is 16.9 Å². The zero-order chi connectivity index (χ0) is 94.0. The summed E-state index contributed by atoms with van der Waals surface area (Å²) >= 11 is 1.51. The molecule has 0 saturated heterocycles. The number of aliphatic hydroxyl groups is 2. The van der Waals surface area contributed by atoms with E-state index in [9.17, 15) is 10.2 Å². The summed E-state index contributed by atoms with van der Waals surface area (Å²) in [6.45, 7) is 6.44. The molecular formula is C101H100N22O11S. The Hall–Kier alpha value is -16.4. The predicted octanol–water partition coefficient (Wildman–Crippen LogP) is 17.0. The van der Waals surface area contributed by atoms with E-state index in [1.54, 1.807) is 113 Å². The summed E-state index contributed by atoms with van der Waals surface area (Å²) in [6.07, 6.45) is 26.1. The molecule has 0 unspecified atom stereocenters. The smallest absolute Gasteiger partial charge is 0.231 e. The number of nitrogens with zero attached hydrogens (tertiary/aromatic N) is 22. The number of aromatic nitrogens is 18. The lowest BCUT2D eigenvalue weighted by Gasteiger charge is -2.26. The standard InChI is InChI=1S/C28H28N6O2.C26H22N6O2S.C25H29N5O3.C22H21N5O4/c1-33-19-21(17-31-33)28-18-30-26-7-6-22(15-27(26)32-28)34(12-4-5-20-8-10-29-11-9-20)23-13-24(35-2)16-25(14-23)36-3;1-31-17-18(15-29-31)25-16-28-23-7-6-19(13-24(23)30-25)32(9-4-5-26-27-8-10-35-26)20-11-21(33-2)14-22(12-20)34-3;1-16-25(17(2)29(3)28-16)24-15-26-22-8-7-18(13-23(22)27-24)30(9-6-10-31)19-11-20(32-4)14-21(12-19)33-5;1-26-12-14(10-24-26)19-11-23-17-4-3-15(7-18(17)25-19)27(5-6-28)16-8-20(29-2)22-21(9-16)30-13-31-22/h6-11,13-19H,4-5,12H2,1-3H3;6-8,10-17H,9H2,1-3H3;7-8,11-15,31H,6,9-10H2,1-5H3;3-4,7-12,28H,5-6,13H2,1-2H3. The Bertz CT molecular complexity index is 7180. The van der Waals surface area contributed by atoms with Crippen LogP contribution < -0.4 is 62.2 Å². The first-order valence-corrected chi connectivity index (χ1v) is 44.1. The first-order chi connectivity index (χ1) is 65.8. The number of aryl methyl sites for hydroxylation is 6. The second-order valence-electron chi connectivity index (χ2n) is 31.1. The summed E-state index contributed by atoms with van der Waals surface area (Å²) in [5, 5.41) is 39.1.